The lowest BCUT2D eigenvalue weighted by Crippen LogP contribution is -2.22. The standard InChI is InChI=1S/C14H16N2O3S/c1-3-4-7-16-12(17)10-6-5-9(13(18)19-2)8-11(10)15-14(16)20/h5-6,8H,3-4,7H2,1-2H3,(H,15,20). The summed E-state index contributed by atoms with van der Waals surface area (Å²) in [4.78, 5) is 26.9. The van der Waals surface area contributed by atoms with Gasteiger partial charge in [-0.25, -0.2) is 4.79 Å². The predicted molar refractivity (Wildman–Crippen MR) is 79.6 cm³/mol. The van der Waals surface area contributed by atoms with Crippen LogP contribution in [0.1, 0.15) is 30.1 Å². The van der Waals surface area contributed by atoms with Gasteiger partial charge < -0.3 is 9.72 Å². The van der Waals surface area contributed by atoms with Crippen molar-refractivity contribution in [1.82, 2.24) is 9.55 Å². The molecule has 6 heteroatoms. The molecule has 0 unspecified atom stereocenters. The van der Waals surface area contributed by atoms with Gasteiger partial charge in [0.05, 0.1) is 23.6 Å². The third-order valence-corrected chi connectivity index (χ3v) is 3.46. The third kappa shape index (κ3) is 2.65. The van der Waals surface area contributed by atoms with Gasteiger partial charge in [0, 0.05) is 6.54 Å². The van der Waals surface area contributed by atoms with E-state index < -0.39 is 5.97 Å². The van der Waals surface area contributed by atoms with Crippen molar-refractivity contribution >= 4 is 29.1 Å². The summed E-state index contributed by atoms with van der Waals surface area (Å²) >= 11 is 5.21. The largest absolute Gasteiger partial charge is 0.465 e. The van der Waals surface area contributed by atoms with Crippen molar-refractivity contribution in [2.75, 3.05) is 7.11 Å². The number of ether oxygens (including phenoxy) is 1. The van der Waals surface area contributed by atoms with Crippen molar-refractivity contribution in [3.05, 3.63) is 38.9 Å². The first kappa shape index (κ1) is 14.5. The summed E-state index contributed by atoms with van der Waals surface area (Å²) in [6, 6.07) is 4.79. The quantitative estimate of drug-likeness (QED) is 0.695. The number of H-pyrrole nitrogens is 1. The molecule has 20 heavy (non-hydrogen) atoms. The van der Waals surface area contributed by atoms with Gasteiger partial charge in [0.25, 0.3) is 5.56 Å². The molecule has 0 aliphatic rings. The highest BCUT2D eigenvalue weighted by Gasteiger charge is 2.10. The molecular weight excluding hydrogens is 276 g/mol. The number of unbranched alkanes of at least 4 members (excludes halogenated alkanes) is 1. The minimum absolute atomic E-state index is 0.131. The van der Waals surface area contributed by atoms with Gasteiger partial charge in [-0.15, -0.1) is 0 Å². The van der Waals surface area contributed by atoms with Gasteiger partial charge in [-0.3, -0.25) is 9.36 Å². The molecule has 106 valence electrons. The van der Waals surface area contributed by atoms with Gasteiger partial charge in [-0.1, -0.05) is 13.3 Å². The summed E-state index contributed by atoms with van der Waals surface area (Å²) in [5.41, 5.74) is 0.806. The predicted octanol–water partition coefficient (Wildman–Crippen LogP) is 2.65. The van der Waals surface area contributed by atoms with E-state index in [1.165, 1.54) is 7.11 Å². The normalized spacial score (nSPS) is 10.7. The van der Waals surface area contributed by atoms with Gasteiger partial charge in [-0.05, 0) is 36.8 Å². The van der Waals surface area contributed by atoms with Gasteiger partial charge in [0.2, 0.25) is 0 Å². The minimum atomic E-state index is -0.443. The number of rotatable bonds is 4. The fraction of sp³-hybridized carbons (Fsp3) is 0.357. The summed E-state index contributed by atoms with van der Waals surface area (Å²) < 4.78 is 6.59. The molecule has 0 amide bonds. The number of fused-ring (bicyclic) bond motifs is 1. The maximum atomic E-state index is 12.4. The van der Waals surface area contributed by atoms with Crippen molar-refractivity contribution in [3.8, 4) is 0 Å². The molecule has 2 rings (SSSR count). The monoisotopic (exact) mass is 292 g/mol. The molecule has 1 N–H and O–H groups in total. The fourth-order valence-electron chi connectivity index (χ4n) is 2.02. The Morgan fingerprint density at radius 1 is 1.45 bits per heavy atom. The van der Waals surface area contributed by atoms with Crippen molar-refractivity contribution < 1.29 is 9.53 Å². The van der Waals surface area contributed by atoms with E-state index in [0.717, 1.165) is 12.8 Å². The third-order valence-electron chi connectivity index (χ3n) is 3.14. The van der Waals surface area contributed by atoms with E-state index in [1.54, 1.807) is 22.8 Å². The number of esters is 1. The first-order valence-corrected chi connectivity index (χ1v) is 6.84. The van der Waals surface area contributed by atoms with Crippen LogP contribution < -0.4 is 5.56 Å². The lowest BCUT2D eigenvalue weighted by Gasteiger charge is -2.08. The number of methoxy groups -OCH3 is 1. The number of hydrogen-bond donors (Lipinski definition) is 1. The highest BCUT2D eigenvalue weighted by Crippen LogP contribution is 2.12. The van der Waals surface area contributed by atoms with Crippen LogP contribution in [0.4, 0.5) is 0 Å². The Hall–Kier alpha value is -1.95. The van der Waals surface area contributed by atoms with E-state index in [4.69, 9.17) is 12.2 Å². The van der Waals surface area contributed by atoms with Crippen molar-refractivity contribution in [2.45, 2.75) is 26.3 Å². The van der Waals surface area contributed by atoms with Crippen LogP contribution >= 0.6 is 12.2 Å². The molecular formula is C14H16N2O3S. The van der Waals surface area contributed by atoms with E-state index in [-0.39, 0.29) is 5.56 Å². The molecule has 1 aromatic carbocycles. The van der Waals surface area contributed by atoms with Crippen LogP contribution in [0.25, 0.3) is 10.9 Å². The van der Waals surface area contributed by atoms with Gasteiger partial charge in [0.15, 0.2) is 4.77 Å². The molecule has 0 saturated heterocycles. The fourth-order valence-corrected chi connectivity index (χ4v) is 2.30. The summed E-state index contributed by atoms with van der Waals surface area (Å²) in [7, 11) is 1.32. The number of aromatic nitrogens is 2. The van der Waals surface area contributed by atoms with Gasteiger partial charge in [-0.2, -0.15) is 0 Å². The number of aromatic amines is 1. The second-order valence-electron chi connectivity index (χ2n) is 4.49. The number of benzene rings is 1. The average molecular weight is 292 g/mol. The average Bonchev–Trinajstić information content (AvgIpc) is 2.45. The molecule has 0 radical (unpaired) electrons. The second kappa shape index (κ2) is 6.00. The van der Waals surface area contributed by atoms with Crippen LogP contribution in [-0.2, 0) is 11.3 Å². The van der Waals surface area contributed by atoms with E-state index >= 15 is 0 Å². The Balaban J connectivity index is 2.61. The summed E-state index contributed by atoms with van der Waals surface area (Å²) in [5, 5.41) is 0.516. The molecule has 0 atom stereocenters. The number of carbonyl (C=O) groups is 1. The van der Waals surface area contributed by atoms with Gasteiger partial charge >= 0.3 is 5.97 Å². The van der Waals surface area contributed by atoms with Crippen LogP contribution in [0.3, 0.4) is 0 Å². The summed E-state index contributed by atoms with van der Waals surface area (Å²) in [5.74, 6) is -0.443. The summed E-state index contributed by atoms with van der Waals surface area (Å²) in [6.45, 7) is 2.65. The van der Waals surface area contributed by atoms with Crippen LogP contribution in [0, 0.1) is 4.77 Å². The number of nitrogens with zero attached hydrogens (tertiary/aromatic N) is 1. The van der Waals surface area contributed by atoms with Crippen LogP contribution in [0.2, 0.25) is 0 Å². The first-order valence-electron chi connectivity index (χ1n) is 6.43. The lowest BCUT2D eigenvalue weighted by atomic mass is 10.1. The Morgan fingerprint density at radius 2 is 2.20 bits per heavy atom. The molecule has 5 nitrogen and oxygen atoms in total. The molecule has 0 aliphatic heterocycles. The lowest BCUT2D eigenvalue weighted by molar-refractivity contribution is 0.0601. The Bertz CT molecular complexity index is 761. The van der Waals surface area contributed by atoms with Crippen molar-refractivity contribution in [1.29, 1.82) is 0 Å². The van der Waals surface area contributed by atoms with E-state index in [0.29, 0.717) is 27.8 Å². The zero-order valence-corrected chi connectivity index (χ0v) is 12.3. The number of hydrogen-bond acceptors (Lipinski definition) is 4. The maximum absolute atomic E-state index is 12.4. The minimum Gasteiger partial charge on any atom is -0.465 e. The van der Waals surface area contributed by atoms with Crippen molar-refractivity contribution in [2.24, 2.45) is 0 Å². The first-order chi connectivity index (χ1) is 9.58. The topological polar surface area (TPSA) is 64.1 Å². The molecule has 1 heterocycles. The highest BCUT2D eigenvalue weighted by molar-refractivity contribution is 7.71. The Labute approximate surface area is 121 Å². The zero-order chi connectivity index (χ0) is 14.7. The Kier molecular flexibility index (Phi) is 4.34. The molecule has 2 aromatic rings. The van der Waals surface area contributed by atoms with E-state index in [2.05, 4.69) is 16.6 Å². The molecule has 0 aliphatic carbocycles. The molecule has 1 aromatic heterocycles. The molecule has 0 bridgehead atoms. The van der Waals surface area contributed by atoms with E-state index in [9.17, 15) is 9.59 Å². The second-order valence-corrected chi connectivity index (χ2v) is 4.88. The maximum Gasteiger partial charge on any atom is 0.337 e. The smallest absolute Gasteiger partial charge is 0.337 e. The van der Waals surface area contributed by atoms with E-state index in [1.807, 2.05) is 0 Å². The molecule has 0 fully saturated rings. The zero-order valence-electron chi connectivity index (χ0n) is 11.4. The number of carbonyl (C=O) groups excluding carboxylic acids is 1. The van der Waals surface area contributed by atoms with Crippen LogP contribution in [0.5, 0.6) is 0 Å². The molecule has 0 spiro atoms. The Morgan fingerprint density at radius 3 is 2.85 bits per heavy atom. The van der Waals surface area contributed by atoms with Crippen LogP contribution in [-0.4, -0.2) is 22.6 Å². The van der Waals surface area contributed by atoms with Gasteiger partial charge in [0.1, 0.15) is 0 Å². The number of nitrogens with one attached hydrogen (secondary N) is 1. The molecule has 0 saturated carbocycles. The van der Waals surface area contributed by atoms with Crippen LogP contribution in [0.15, 0.2) is 23.0 Å². The SMILES string of the molecule is CCCCn1c(=S)[nH]c2cc(C(=O)OC)ccc2c1=O. The summed E-state index contributed by atoms with van der Waals surface area (Å²) in [6.07, 6.45) is 1.88. The highest BCUT2D eigenvalue weighted by atomic mass is 32.1. The van der Waals surface area contributed by atoms with Crippen molar-refractivity contribution in [3.63, 3.8) is 0 Å².